The predicted molar refractivity (Wildman–Crippen MR) is 111 cm³/mol. The summed E-state index contributed by atoms with van der Waals surface area (Å²) in [6, 6.07) is 7.17. The Balaban J connectivity index is 1.59. The average Bonchev–Trinajstić information content (AvgIpc) is 2.98. The number of amides is 2. The molecule has 0 N–H and O–H groups in total. The lowest BCUT2D eigenvalue weighted by Gasteiger charge is -2.34. The molecular formula is C21H27ClN4O3. The van der Waals surface area contributed by atoms with Gasteiger partial charge in [-0.15, -0.1) is 0 Å². The van der Waals surface area contributed by atoms with Crippen molar-refractivity contribution in [2.75, 3.05) is 72.6 Å². The molecule has 3 aliphatic heterocycles. The van der Waals surface area contributed by atoms with Gasteiger partial charge in [0, 0.05) is 57.4 Å². The maximum absolute atomic E-state index is 13.3. The molecule has 0 saturated carbocycles. The number of carbonyl (C=O) groups excluding carboxylic acids is 2. The van der Waals surface area contributed by atoms with Crippen LogP contribution in [0.25, 0.3) is 5.57 Å². The minimum Gasteiger partial charge on any atom is -0.379 e. The summed E-state index contributed by atoms with van der Waals surface area (Å²) in [4.78, 5) is 34.6. The van der Waals surface area contributed by atoms with Crippen LogP contribution in [0.2, 0.25) is 5.02 Å². The summed E-state index contributed by atoms with van der Waals surface area (Å²) >= 11 is 6.04. The molecule has 4 rings (SSSR count). The van der Waals surface area contributed by atoms with Crippen molar-refractivity contribution in [2.45, 2.75) is 0 Å². The molecule has 29 heavy (non-hydrogen) atoms. The third-order valence-corrected chi connectivity index (χ3v) is 6.09. The highest BCUT2D eigenvalue weighted by Crippen LogP contribution is 2.32. The van der Waals surface area contributed by atoms with Crippen LogP contribution in [0.15, 0.2) is 30.0 Å². The molecule has 1 aromatic rings. The van der Waals surface area contributed by atoms with E-state index in [0.29, 0.717) is 42.6 Å². The molecule has 0 radical (unpaired) electrons. The third kappa shape index (κ3) is 4.33. The van der Waals surface area contributed by atoms with E-state index in [9.17, 15) is 9.59 Å². The lowest BCUT2D eigenvalue weighted by molar-refractivity contribution is -0.138. The lowest BCUT2D eigenvalue weighted by Crippen LogP contribution is -2.47. The number of ether oxygens (including phenoxy) is 1. The van der Waals surface area contributed by atoms with Gasteiger partial charge in [-0.05, 0) is 24.7 Å². The number of hydrogen-bond donors (Lipinski definition) is 0. The number of piperazine rings is 1. The number of morpholine rings is 1. The van der Waals surface area contributed by atoms with Crippen LogP contribution in [0.4, 0.5) is 0 Å². The number of nitrogens with zero attached hydrogens (tertiary/aromatic N) is 4. The Labute approximate surface area is 176 Å². The Hall–Kier alpha value is -1.93. The summed E-state index contributed by atoms with van der Waals surface area (Å²) in [6.07, 6.45) is 0. The van der Waals surface area contributed by atoms with Gasteiger partial charge in [-0.3, -0.25) is 19.4 Å². The van der Waals surface area contributed by atoms with Gasteiger partial charge in [-0.1, -0.05) is 23.7 Å². The van der Waals surface area contributed by atoms with Crippen LogP contribution in [0, 0.1) is 0 Å². The normalized spacial score (nSPS) is 22.1. The zero-order valence-electron chi connectivity index (χ0n) is 16.8. The van der Waals surface area contributed by atoms with Gasteiger partial charge < -0.3 is 14.5 Å². The minimum absolute atomic E-state index is 0.183. The molecular weight excluding hydrogens is 392 g/mol. The smallest absolute Gasteiger partial charge is 0.277 e. The first-order valence-electron chi connectivity index (χ1n) is 10.1. The van der Waals surface area contributed by atoms with Crippen molar-refractivity contribution in [1.29, 1.82) is 0 Å². The topological polar surface area (TPSA) is 56.3 Å². The van der Waals surface area contributed by atoms with Crippen LogP contribution in [-0.4, -0.2) is 104 Å². The van der Waals surface area contributed by atoms with Crippen molar-refractivity contribution in [2.24, 2.45) is 0 Å². The zero-order valence-corrected chi connectivity index (χ0v) is 17.5. The number of hydrogen-bond acceptors (Lipinski definition) is 6. The Kier molecular flexibility index (Phi) is 6.20. The van der Waals surface area contributed by atoms with Crippen molar-refractivity contribution < 1.29 is 14.3 Å². The van der Waals surface area contributed by atoms with E-state index in [0.717, 1.165) is 44.8 Å². The van der Waals surface area contributed by atoms with Gasteiger partial charge in [0.25, 0.3) is 11.8 Å². The second kappa shape index (κ2) is 8.83. The summed E-state index contributed by atoms with van der Waals surface area (Å²) in [5.41, 5.74) is 1.78. The van der Waals surface area contributed by atoms with Crippen LogP contribution < -0.4 is 0 Å². The number of benzene rings is 1. The molecule has 2 amide bonds. The number of halogens is 1. The molecule has 1 aromatic carbocycles. The molecule has 2 fully saturated rings. The van der Waals surface area contributed by atoms with E-state index in [4.69, 9.17) is 16.3 Å². The molecule has 0 spiro atoms. The highest BCUT2D eigenvalue weighted by atomic mass is 35.5. The van der Waals surface area contributed by atoms with E-state index in [1.165, 1.54) is 4.90 Å². The van der Waals surface area contributed by atoms with Gasteiger partial charge in [0.2, 0.25) is 0 Å². The van der Waals surface area contributed by atoms with Crippen molar-refractivity contribution in [3.05, 3.63) is 40.5 Å². The first-order valence-corrected chi connectivity index (χ1v) is 10.5. The Morgan fingerprint density at radius 2 is 1.55 bits per heavy atom. The summed E-state index contributed by atoms with van der Waals surface area (Å²) in [7, 11) is 2.07. The SMILES string of the molecule is CN1CCN(C2=C(c3ccc(Cl)cc3)C(=O)N(CCN3CCOCC3)C2=O)CC1. The highest BCUT2D eigenvalue weighted by Gasteiger charge is 2.41. The van der Waals surface area contributed by atoms with Gasteiger partial charge in [0.15, 0.2) is 0 Å². The maximum atomic E-state index is 13.3. The number of carbonyl (C=O) groups is 2. The maximum Gasteiger partial charge on any atom is 0.277 e. The van der Waals surface area contributed by atoms with Crippen molar-refractivity contribution >= 4 is 29.0 Å². The van der Waals surface area contributed by atoms with Crippen molar-refractivity contribution in [3.63, 3.8) is 0 Å². The zero-order chi connectivity index (χ0) is 20.4. The predicted octanol–water partition coefficient (Wildman–Crippen LogP) is 1.000. The van der Waals surface area contributed by atoms with Crippen LogP contribution in [0.1, 0.15) is 5.56 Å². The van der Waals surface area contributed by atoms with Gasteiger partial charge >= 0.3 is 0 Å². The van der Waals surface area contributed by atoms with E-state index >= 15 is 0 Å². The minimum atomic E-state index is -0.209. The van der Waals surface area contributed by atoms with Crippen LogP contribution in [0.5, 0.6) is 0 Å². The first kappa shape index (κ1) is 20.3. The standard InChI is InChI=1S/C21H27ClN4O3/c1-23-6-9-25(10-7-23)19-18(16-2-4-17(22)5-3-16)20(27)26(21(19)28)11-8-24-12-14-29-15-13-24/h2-5H,6-15H2,1H3. The average molecular weight is 419 g/mol. The van der Waals surface area contributed by atoms with Gasteiger partial charge in [0.05, 0.1) is 18.8 Å². The van der Waals surface area contributed by atoms with Crippen LogP contribution >= 0.6 is 11.6 Å². The van der Waals surface area contributed by atoms with Crippen LogP contribution in [-0.2, 0) is 14.3 Å². The summed E-state index contributed by atoms with van der Waals surface area (Å²) in [5, 5.41) is 0.608. The van der Waals surface area contributed by atoms with E-state index in [1.807, 2.05) is 12.1 Å². The number of likely N-dealkylation sites (N-methyl/N-ethyl adjacent to an activating group) is 1. The third-order valence-electron chi connectivity index (χ3n) is 5.84. The summed E-state index contributed by atoms with van der Waals surface area (Å²) in [5.74, 6) is -0.391. The molecule has 156 valence electrons. The molecule has 2 saturated heterocycles. The first-order chi connectivity index (χ1) is 14.0. The van der Waals surface area contributed by atoms with Crippen molar-refractivity contribution in [1.82, 2.24) is 19.6 Å². The molecule has 8 heteroatoms. The fourth-order valence-electron chi connectivity index (χ4n) is 4.03. The van der Waals surface area contributed by atoms with Crippen LogP contribution in [0.3, 0.4) is 0 Å². The molecule has 0 aromatic heterocycles. The lowest BCUT2D eigenvalue weighted by atomic mass is 10.0. The second-order valence-corrected chi connectivity index (χ2v) is 8.17. The Bertz CT molecular complexity index is 797. The molecule has 0 atom stereocenters. The molecule has 3 aliphatic rings. The fourth-order valence-corrected chi connectivity index (χ4v) is 4.16. The van der Waals surface area contributed by atoms with E-state index in [2.05, 4.69) is 21.7 Å². The van der Waals surface area contributed by atoms with E-state index in [1.54, 1.807) is 12.1 Å². The second-order valence-electron chi connectivity index (χ2n) is 7.74. The number of imide groups is 1. The summed E-state index contributed by atoms with van der Waals surface area (Å²) in [6.45, 7) is 7.33. The molecule has 3 heterocycles. The highest BCUT2D eigenvalue weighted by molar-refractivity contribution is 6.36. The van der Waals surface area contributed by atoms with E-state index < -0.39 is 0 Å². The Morgan fingerprint density at radius 1 is 0.897 bits per heavy atom. The van der Waals surface area contributed by atoms with E-state index in [-0.39, 0.29) is 11.8 Å². The fraction of sp³-hybridized carbons (Fsp3) is 0.524. The van der Waals surface area contributed by atoms with Gasteiger partial charge in [-0.2, -0.15) is 0 Å². The molecule has 7 nitrogen and oxygen atoms in total. The molecule has 0 unspecified atom stereocenters. The largest absolute Gasteiger partial charge is 0.379 e. The van der Waals surface area contributed by atoms with Gasteiger partial charge in [-0.25, -0.2) is 0 Å². The quantitative estimate of drug-likeness (QED) is 0.665. The van der Waals surface area contributed by atoms with Crippen molar-refractivity contribution in [3.8, 4) is 0 Å². The number of rotatable bonds is 5. The monoisotopic (exact) mass is 418 g/mol. The molecule has 0 bridgehead atoms. The molecule has 0 aliphatic carbocycles. The summed E-state index contributed by atoms with van der Waals surface area (Å²) < 4.78 is 5.38. The Morgan fingerprint density at radius 3 is 2.21 bits per heavy atom. The van der Waals surface area contributed by atoms with Gasteiger partial charge in [0.1, 0.15) is 5.70 Å².